The molecular weight excluding hydrogens is 338 g/mol. The van der Waals surface area contributed by atoms with E-state index in [1.165, 1.54) is 0 Å². The monoisotopic (exact) mass is 357 g/mol. The number of carbonyl (C=O) groups is 1. The van der Waals surface area contributed by atoms with Crippen molar-refractivity contribution in [1.29, 1.82) is 0 Å². The minimum absolute atomic E-state index is 0.0350. The summed E-state index contributed by atoms with van der Waals surface area (Å²) in [4.78, 5) is 13.5. The zero-order valence-electron chi connectivity index (χ0n) is 12.1. The highest BCUT2D eigenvalue weighted by Gasteiger charge is 2.23. The van der Waals surface area contributed by atoms with Crippen LogP contribution in [0, 0.1) is 0 Å². The van der Waals surface area contributed by atoms with Crippen molar-refractivity contribution in [1.82, 2.24) is 4.90 Å². The molecule has 1 heterocycles. The van der Waals surface area contributed by atoms with E-state index in [-0.39, 0.29) is 12.1 Å². The summed E-state index contributed by atoms with van der Waals surface area (Å²) in [5.74, 6) is 0.613. The third-order valence-electron chi connectivity index (χ3n) is 3.11. The molecule has 0 bridgehead atoms. The summed E-state index contributed by atoms with van der Waals surface area (Å²) in [5.41, 5.74) is 0. The molecule has 1 saturated heterocycles. The topological polar surface area (TPSA) is 48.0 Å². The van der Waals surface area contributed by atoms with E-state index in [1.807, 2.05) is 36.1 Å². The van der Waals surface area contributed by atoms with Crippen LogP contribution in [0.5, 0.6) is 5.75 Å². The molecule has 1 aromatic rings. The molecule has 1 aliphatic heterocycles. The van der Waals surface area contributed by atoms with Crippen molar-refractivity contribution in [2.24, 2.45) is 0 Å². The second-order valence-electron chi connectivity index (χ2n) is 4.80. The molecule has 0 amide bonds. The highest BCUT2D eigenvalue weighted by Crippen LogP contribution is 2.18. The third kappa shape index (κ3) is 5.65. The number of carbonyl (C=O) groups excluding carboxylic acids is 1. The average Bonchev–Trinajstić information content (AvgIpc) is 2.46. The maximum absolute atomic E-state index is 11.5. The minimum Gasteiger partial charge on any atom is -0.491 e. The van der Waals surface area contributed by atoms with E-state index in [2.05, 4.69) is 15.9 Å². The fourth-order valence-corrected chi connectivity index (χ4v) is 2.54. The van der Waals surface area contributed by atoms with Gasteiger partial charge in [-0.3, -0.25) is 9.69 Å². The predicted molar refractivity (Wildman–Crippen MR) is 82.5 cm³/mol. The summed E-state index contributed by atoms with van der Waals surface area (Å²) in [6.45, 7) is 5.02. The number of nitrogens with zero attached hydrogens (tertiary/aromatic N) is 1. The summed E-state index contributed by atoms with van der Waals surface area (Å²) in [6.07, 6.45) is -0.0350. The lowest BCUT2D eigenvalue weighted by Gasteiger charge is -2.32. The van der Waals surface area contributed by atoms with Gasteiger partial charge in [0, 0.05) is 17.6 Å². The molecule has 0 spiro atoms. The zero-order chi connectivity index (χ0) is 15.1. The van der Waals surface area contributed by atoms with Crippen LogP contribution in [0.4, 0.5) is 0 Å². The SMILES string of the molecule is CCOC(=O)CN1CCOC(COc2cccc(Br)c2)C1. The smallest absolute Gasteiger partial charge is 0.320 e. The van der Waals surface area contributed by atoms with E-state index >= 15 is 0 Å². The van der Waals surface area contributed by atoms with Crippen LogP contribution in [-0.2, 0) is 14.3 Å². The molecule has 116 valence electrons. The molecule has 0 radical (unpaired) electrons. The van der Waals surface area contributed by atoms with Gasteiger partial charge in [-0.25, -0.2) is 0 Å². The van der Waals surface area contributed by atoms with Gasteiger partial charge in [-0.1, -0.05) is 22.0 Å². The number of halogens is 1. The number of hydrogen-bond donors (Lipinski definition) is 0. The number of morpholine rings is 1. The minimum atomic E-state index is -0.189. The van der Waals surface area contributed by atoms with Crippen molar-refractivity contribution in [2.45, 2.75) is 13.0 Å². The number of hydrogen-bond acceptors (Lipinski definition) is 5. The Hall–Kier alpha value is -1.11. The number of ether oxygens (including phenoxy) is 3. The maximum atomic E-state index is 11.5. The highest BCUT2D eigenvalue weighted by molar-refractivity contribution is 9.10. The molecule has 1 aliphatic rings. The second kappa shape index (κ2) is 8.36. The molecule has 5 nitrogen and oxygen atoms in total. The summed E-state index contributed by atoms with van der Waals surface area (Å²) >= 11 is 3.41. The van der Waals surface area contributed by atoms with Gasteiger partial charge < -0.3 is 14.2 Å². The van der Waals surface area contributed by atoms with Gasteiger partial charge in [0.25, 0.3) is 0 Å². The molecule has 0 aromatic heterocycles. The van der Waals surface area contributed by atoms with E-state index < -0.39 is 0 Å². The van der Waals surface area contributed by atoms with Gasteiger partial charge in [0.15, 0.2) is 0 Å². The second-order valence-corrected chi connectivity index (χ2v) is 5.72. The molecule has 1 fully saturated rings. The van der Waals surface area contributed by atoms with E-state index in [4.69, 9.17) is 14.2 Å². The quantitative estimate of drug-likeness (QED) is 0.729. The first-order chi connectivity index (χ1) is 10.2. The molecule has 0 aliphatic carbocycles. The van der Waals surface area contributed by atoms with Gasteiger partial charge >= 0.3 is 5.97 Å². The van der Waals surface area contributed by atoms with Gasteiger partial charge in [0.2, 0.25) is 0 Å². The molecule has 21 heavy (non-hydrogen) atoms. The van der Waals surface area contributed by atoms with E-state index in [1.54, 1.807) is 0 Å². The van der Waals surface area contributed by atoms with Gasteiger partial charge in [0.1, 0.15) is 18.5 Å². The molecule has 0 N–H and O–H groups in total. The van der Waals surface area contributed by atoms with Crippen LogP contribution in [0.15, 0.2) is 28.7 Å². The van der Waals surface area contributed by atoms with Gasteiger partial charge in [-0.2, -0.15) is 0 Å². The van der Waals surface area contributed by atoms with Crippen molar-refractivity contribution in [3.8, 4) is 5.75 Å². The highest BCUT2D eigenvalue weighted by atomic mass is 79.9. The van der Waals surface area contributed by atoms with Crippen LogP contribution in [0.25, 0.3) is 0 Å². The fraction of sp³-hybridized carbons (Fsp3) is 0.533. The first-order valence-electron chi connectivity index (χ1n) is 7.05. The van der Waals surface area contributed by atoms with Crippen LogP contribution >= 0.6 is 15.9 Å². The van der Waals surface area contributed by atoms with Gasteiger partial charge in [-0.05, 0) is 25.1 Å². The number of benzene rings is 1. The Bertz CT molecular complexity index is 469. The lowest BCUT2D eigenvalue weighted by atomic mass is 10.3. The summed E-state index contributed by atoms with van der Waals surface area (Å²) in [5, 5.41) is 0. The van der Waals surface area contributed by atoms with Gasteiger partial charge in [-0.15, -0.1) is 0 Å². The van der Waals surface area contributed by atoms with E-state index in [9.17, 15) is 4.79 Å². The summed E-state index contributed by atoms with van der Waals surface area (Å²) in [6, 6.07) is 7.70. The van der Waals surface area contributed by atoms with Crippen molar-refractivity contribution < 1.29 is 19.0 Å². The Labute approximate surface area is 133 Å². The van der Waals surface area contributed by atoms with Gasteiger partial charge in [0.05, 0.1) is 19.8 Å². The van der Waals surface area contributed by atoms with E-state index in [0.717, 1.165) is 16.8 Å². The van der Waals surface area contributed by atoms with Crippen molar-refractivity contribution in [2.75, 3.05) is 39.5 Å². The number of esters is 1. The first-order valence-corrected chi connectivity index (χ1v) is 7.84. The molecule has 6 heteroatoms. The Balaban J connectivity index is 1.77. The van der Waals surface area contributed by atoms with Crippen LogP contribution in [0.1, 0.15) is 6.92 Å². The standard InChI is InChI=1S/C15H20BrNO4/c1-2-19-15(18)10-17-6-7-20-14(9-17)11-21-13-5-3-4-12(16)8-13/h3-5,8,14H,2,6-7,9-11H2,1H3. The maximum Gasteiger partial charge on any atom is 0.320 e. The molecule has 1 atom stereocenters. The van der Waals surface area contributed by atoms with E-state index in [0.29, 0.717) is 32.9 Å². The Morgan fingerprint density at radius 2 is 2.38 bits per heavy atom. The normalized spacial score (nSPS) is 19.2. The molecule has 1 aromatic carbocycles. The first kappa shape index (κ1) is 16.3. The zero-order valence-corrected chi connectivity index (χ0v) is 13.7. The van der Waals surface area contributed by atoms with Crippen molar-refractivity contribution in [3.63, 3.8) is 0 Å². The third-order valence-corrected chi connectivity index (χ3v) is 3.61. The largest absolute Gasteiger partial charge is 0.491 e. The van der Waals surface area contributed by atoms with Crippen LogP contribution in [-0.4, -0.2) is 56.4 Å². The molecular formula is C15H20BrNO4. The molecule has 0 saturated carbocycles. The van der Waals surface area contributed by atoms with Crippen molar-refractivity contribution >= 4 is 21.9 Å². The Morgan fingerprint density at radius 3 is 3.14 bits per heavy atom. The Kier molecular flexibility index (Phi) is 6.48. The fourth-order valence-electron chi connectivity index (χ4n) is 2.16. The lowest BCUT2D eigenvalue weighted by Crippen LogP contribution is -2.47. The molecule has 2 rings (SSSR count). The predicted octanol–water partition coefficient (Wildman–Crippen LogP) is 2.09. The van der Waals surface area contributed by atoms with Crippen molar-refractivity contribution in [3.05, 3.63) is 28.7 Å². The van der Waals surface area contributed by atoms with Crippen LogP contribution in [0.2, 0.25) is 0 Å². The molecule has 1 unspecified atom stereocenters. The Morgan fingerprint density at radius 1 is 1.52 bits per heavy atom. The van der Waals surface area contributed by atoms with Crippen LogP contribution < -0.4 is 4.74 Å². The summed E-state index contributed by atoms with van der Waals surface area (Å²) in [7, 11) is 0. The van der Waals surface area contributed by atoms with Crippen LogP contribution in [0.3, 0.4) is 0 Å². The lowest BCUT2D eigenvalue weighted by molar-refractivity contribution is -0.146. The number of rotatable bonds is 6. The summed E-state index contributed by atoms with van der Waals surface area (Å²) < 4.78 is 17.3. The average molecular weight is 358 g/mol.